The summed E-state index contributed by atoms with van der Waals surface area (Å²) in [6.07, 6.45) is 0. The first-order chi connectivity index (χ1) is 9.29. The van der Waals surface area contributed by atoms with E-state index in [0.29, 0.717) is 18.7 Å². The molecular formula is C14H21N3O3. The Morgan fingerprint density at radius 1 is 1.40 bits per heavy atom. The maximum Gasteiger partial charge on any atom is 0.272 e. The number of hydrogen-bond donors (Lipinski definition) is 2. The van der Waals surface area contributed by atoms with Crippen molar-refractivity contribution in [3.05, 3.63) is 39.4 Å². The lowest BCUT2D eigenvalue weighted by Crippen LogP contribution is -2.41. The van der Waals surface area contributed by atoms with Crippen LogP contribution in [-0.2, 0) is 11.3 Å². The average molecular weight is 279 g/mol. The molecule has 0 bridgehead atoms. The predicted octanol–water partition coefficient (Wildman–Crippen LogP) is 1.77. The lowest BCUT2D eigenvalue weighted by molar-refractivity contribution is -0.385. The van der Waals surface area contributed by atoms with Crippen molar-refractivity contribution in [1.29, 1.82) is 0 Å². The number of rotatable bonds is 6. The summed E-state index contributed by atoms with van der Waals surface area (Å²) in [4.78, 5) is 22.1. The quantitative estimate of drug-likeness (QED) is 0.614. The number of nitrogens with one attached hydrogen (secondary N) is 2. The summed E-state index contributed by atoms with van der Waals surface area (Å²) in [6, 6.07) is 5.02. The molecule has 0 heterocycles. The highest BCUT2D eigenvalue weighted by atomic mass is 16.6. The second-order valence-corrected chi connectivity index (χ2v) is 5.38. The van der Waals surface area contributed by atoms with Gasteiger partial charge in [-0.25, -0.2) is 0 Å². The van der Waals surface area contributed by atoms with Gasteiger partial charge in [-0.15, -0.1) is 0 Å². The largest absolute Gasteiger partial charge is 0.359 e. The third-order valence-corrected chi connectivity index (χ3v) is 3.34. The first-order valence-corrected chi connectivity index (χ1v) is 6.45. The Bertz CT molecular complexity index is 512. The average Bonchev–Trinajstić information content (AvgIpc) is 2.39. The van der Waals surface area contributed by atoms with Crippen LogP contribution in [-0.4, -0.2) is 24.4 Å². The molecule has 0 fully saturated rings. The summed E-state index contributed by atoms with van der Waals surface area (Å²) in [7, 11) is 1.61. The molecule has 0 atom stereocenters. The zero-order valence-corrected chi connectivity index (χ0v) is 12.3. The second-order valence-electron chi connectivity index (χ2n) is 5.38. The minimum atomic E-state index is -0.524. The van der Waals surface area contributed by atoms with Gasteiger partial charge in [-0.2, -0.15) is 0 Å². The number of benzene rings is 1. The molecule has 0 radical (unpaired) electrons. The molecule has 0 saturated heterocycles. The van der Waals surface area contributed by atoms with Gasteiger partial charge in [-0.3, -0.25) is 14.9 Å². The smallest absolute Gasteiger partial charge is 0.272 e. The molecule has 20 heavy (non-hydrogen) atoms. The summed E-state index contributed by atoms with van der Waals surface area (Å²) in [5, 5.41) is 16.7. The Hall–Kier alpha value is -1.95. The lowest BCUT2D eigenvalue weighted by atomic mass is 9.92. The number of carbonyl (C=O) groups is 1. The first-order valence-electron chi connectivity index (χ1n) is 6.45. The minimum Gasteiger partial charge on any atom is -0.359 e. The Morgan fingerprint density at radius 2 is 2.05 bits per heavy atom. The van der Waals surface area contributed by atoms with E-state index in [2.05, 4.69) is 10.6 Å². The van der Waals surface area contributed by atoms with E-state index in [0.717, 1.165) is 5.56 Å². The van der Waals surface area contributed by atoms with E-state index in [1.165, 1.54) is 6.07 Å². The van der Waals surface area contributed by atoms with Gasteiger partial charge in [-0.1, -0.05) is 12.1 Å². The van der Waals surface area contributed by atoms with Crippen molar-refractivity contribution in [2.45, 2.75) is 27.3 Å². The third-order valence-electron chi connectivity index (χ3n) is 3.34. The lowest BCUT2D eigenvalue weighted by Gasteiger charge is -2.23. The number of nitro benzene ring substituents is 1. The fraction of sp³-hybridized carbons (Fsp3) is 0.500. The molecule has 0 spiro atoms. The molecule has 1 aromatic rings. The number of carbonyl (C=O) groups excluding carboxylic acids is 1. The zero-order chi connectivity index (χ0) is 15.3. The van der Waals surface area contributed by atoms with E-state index in [9.17, 15) is 14.9 Å². The van der Waals surface area contributed by atoms with Crippen LogP contribution in [0.1, 0.15) is 25.0 Å². The topological polar surface area (TPSA) is 84.3 Å². The van der Waals surface area contributed by atoms with Gasteiger partial charge < -0.3 is 10.6 Å². The molecule has 1 amide bonds. The zero-order valence-electron chi connectivity index (χ0n) is 12.3. The van der Waals surface area contributed by atoms with Crippen LogP contribution in [0.15, 0.2) is 18.2 Å². The first kappa shape index (κ1) is 16.1. The van der Waals surface area contributed by atoms with Crippen LogP contribution in [0.25, 0.3) is 0 Å². The van der Waals surface area contributed by atoms with Gasteiger partial charge in [0.25, 0.3) is 5.69 Å². The van der Waals surface area contributed by atoms with Crippen LogP contribution in [0, 0.1) is 22.5 Å². The SMILES string of the molecule is CNC(=O)C(C)(C)CNCc1cccc([N+](=O)[O-])c1C. The van der Waals surface area contributed by atoms with E-state index in [1.807, 2.05) is 19.9 Å². The van der Waals surface area contributed by atoms with Gasteiger partial charge in [0.05, 0.1) is 10.3 Å². The number of nitrogens with zero attached hydrogens (tertiary/aromatic N) is 1. The van der Waals surface area contributed by atoms with Crippen molar-refractivity contribution in [2.24, 2.45) is 5.41 Å². The second kappa shape index (κ2) is 6.47. The van der Waals surface area contributed by atoms with Crippen molar-refractivity contribution >= 4 is 11.6 Å². The molecule has 0 aliphatic rings. The molecule has 6 nitrogen and oxygen atoms in total. The Morgan fingerprint density at radius 3 is 2.60 bits per heavy atom. The molecule has 0 saturated carbocycles. The van der Waals surface area contributed by atoms with Gasteiger partial charge in [-0.05, 0) is 26.3 Å². The Labute approximate surface area is 118 Å². The number of amides is 1. The predicted molar refractivity (Wildman–Crippen MR) is 77.4 cm³/mol. The normalized spacial score (nSPS) is 11.2. The number of nitro groups is 1. The monoisotopic (exact) mass is 279 g/mol. The third kappa shape index (κ3) is 3.77. The molecule has 1 aromatic carbocycles. The maximum atomic E-state index is 11.6. The molecule has 0 aromatic heterocycles. The molecule has 0 unspecified atom stereocenters. The summed E-state index contributed by atoms with van der Waals surface area (Å²) in [5.41, 5.74) is 1.12. The molecule has 0 aliphatic heterocycles. The van der Waals surface area contributed by atoms with Crippen LogP contribution in [0.2, 0.25) is 0 Å². The Balaban J connectivity index is 2.70. The standard InChI is InChI=1S/C14H21N3O3/c1-10-11(6-5-7-12(10)17(19)20)8-16-9-14(2,3)13(18)15-4/h5-7,16H,8-9H2,1-4H3,(H,15,18). The van der Waals surface area contributed by atoms with Crippen molar-refractivity contribution < 1.29 is 9.72 Å². The summed E-state index contributed by atoms with van der Waals surface area (Å²) >= 11 is 0. The molecular weight excluding hydrogens is 258 g/mol. The molecule has 110 valence electrons. The van der Waals surface area contributed by atoms with Crippen molar-refractivity contribution in [3.63, 3.8) is 0 Å². The van der Waals surface area contributed by atoms with Gasteiger partial charge in [0.1, 0.15) is 0 Å². The van der Waals surface area contributed by atoms with Gasteiger partial charge >= 0.3 is 0 Å². The van der Waals surface area contributed by atoms with E-state index >= 15 is 0 Å². The van der Waals surface area contributed by atoms with Crippen LogP contribution in [0.4, 0.5) is 5.69 Å². The van der Waals surface area contributed by atoms with Gasteiger partial charge in [0, 0.05) is 31.8 Å². The summed E-state index contributed by atoms with van der Waals surface area (Å²) in [6.45, 7) is 6.42. The van der Waals surface area contributed by atoms with Crippen molar-refractivity contribution in [3.8, 4) is 0 Å². The Kier molecular flexibility index (Phi) is 5.21. The van der Waals surface area contributed by atoms with Crippen LogP contribution in [0.5, 0.6) is 0 Å². The highest BCUT2D eigenvalue weighted by Gasteiger charge is 2.26. The molecule has 0 aliphatic carbocycles. The van der Waals surface area contributed by atoms with Crippen LogP contribution >= 0.6 is 0 Å². The van der Waals surface area contributed by atoms with Gasteiger partial charge in [0.15, 0.2) is 0 Å². The van der Waals surface area contributed by atoms with E-state index < -0.39 is 5.41 Å². The minimum absolute atomic E-state index is 0.0410. The van der Waals surface area contributed by atoms with Crippen LogP contribution < -0.4 is 10.6 Å². The van der Waals surface area contributed by atoms with Crippen molar-refractivity contribution in [2.75, 3.05) is 13.6 Å². The molecule has 6 heteroatoms. The van der Waals surface area contributed by atoms with E-state index in [4.69, 9.17) is 0 Å². The fourth-order valence-corrected chi connectivity index (χ4v) is 1.99. The summed E-state index contributed by atoms with van der Waals surface area (Å²) in [5.74, 6) is -0.0410. The number of hydrogen-bond acceptors (Lipinski definition) is 4. The van der Waals surface area contributed by atoms with E-state index in [-0.39, 0.29) is 16.5 Å². The highest BCUT2D eigenvalue weighted by molar-refractivity contribution is 5.81. The fourth-order valence-electron chi connectivity index (χ4n) is 1.99. The highest BCUT2D eigenvalue weighted by Crippen LogP contribution is 2.21. The molecule has 2 N–H and O–H groups in total. The molecule has 1 rings (SSSR count). The van der Waals surface area contributed by atoms with Crippen LogP contribution in [0.3, 0.4) is 0 Å². The van der Waals surface area contributed by atoms with E-state index in [1.54, 1.807) is 20.0 Å². The van der Waals surface area contributed by atoms with Gasteiger partial charge in [0.2, 0.25) is 5.91 Å². The maximum absolute atomic E-state index is 11.6. The van der Waals surface area contributed by atoms with Crippen molar-refractivity contribution in [1.82, 2.24) is 10.6 Å². The summed E-state index contributed by atoms with van der Waals surface area (Å²) < 4.78 is 0.